The summed E-state index contributed by atoms with van der Waals surface area (Å²) >= 11 is 0. The summed E-state index contributed by atoms with van der Waals surface area (Å²) in [5.41, 5.74) is 0.952. The van der Waals surface area contributed by atoms with Gasteiger partial charge in [-0.15, -0.1) is 0 Å². The first-order chi connectivity index (χ1) is 10.7. The summed E-state index contributed by atoms with van der Waals surface area (Å²) in [7, 11) is 1.63. The Hall–Kier alpha value is -2.03. The molecule has 3 nitrogen and oxygen atoms in total. The van der Waals surface area contributed by atoms with Crippen molar-refractivity contribution in [1.29, 1.82) is 0 Å². The Kier molecular flexibility index (Phi) is 4.32. The van der Waals surface area contributed by atoms with Crippen molar-refractivity contribution in [1.82, 2.24) is 0 Å². The minimum Gasteiger partial charge on any atom is -0.497 e. The van der Waals surface area contributed by atoms with Gasteiger partial charge in [0.05, 0.1) is 7.11 Å². The monoisotopic (exact) mass is 298 g/mol. The highest BCUT2D eigenvalue weighted by molar-refractivity contribution is 5.87. The molecule has 0 N–H and O–H groups in total. The quantitative estimate of drug-likeness (QED) is 0.470. The fourth-order valence-electron chi connectivity index (χ4n) is 3.55. The SMILES string of the molecule is COc1ccc(C=CC(=O)OC(C)C2CC3C=CC2C3)cc1. The van der Waals surface area contributed by atoms with E-state index in [4.69, 9.17) is 9.47 Å². The van der Waals surface area contributed by atoms with E-state index in [9.17, 15) is 4.79 Å². The van der Waals surface area contributed by atoms with Crippen molar-refractivity contribution in [2.45, 2.75) is 25.9 Å². The predicted molar refractivity (Wildman–Crippen MR) is 86.4 cm³/mol. The number of benzene rings is 1. The first-order valence-corrected chi connectivity index (χ1v) is 7.87. The van der Waals surface area contributed by atoms with Crippen LogP contribution >= 0.6 is 0 Å². The molecule has 3 heteroatoms. The van der Waals surface area contributed by atoms with Crippen LogP contribution in [0.15, 0.2) is 42.5 Å². The van der Waals surface area contributed by atoms with E-state index in [1.807, 2.05) is 31.2 Å². The molecule has 0 radical (unpaired) electrons. The van der Waals surface area contributed by atoms with Crippen LogP contribution in [0.2, 0.25) is 0 Å². The predicted octanol–water partition coefficient (Wildman–Crippen LogP) is 3.85. The van der Waals surface area contributed by atoms with Crippen LogP contribution in [0.3, 0.4) is 0 Å². The first kappa shape index (κ1) is 14.9. The standard InChI is InChI=1S/C19H22O3/c1-13(18-12-15-3-7-16(18)11-15)22-19(20)10-6-14-4-8-17(21-2)9-5-14/h3-10,13,15-16,18H,11-12H2,1-2H3. The Bertz CT molecular complexity index is 585. The average molecular weight is 298 g/mol. The number of carbonyl (C=O) groups excluding carboxylic acids is 1. The van der Waals surface area contributed by atoms with Gasteiger partial charge in [-0.3, -0.25) is 0 Å². The maximum atomic E-state index is 12.0. The summed E-state index contributed by atoms with van der Waals surface area (Å²) in [6.07, 6.45) is 10.2. The molecule has 1 fully saturated rings. The molecule has 3 rings (SSSR count). The Morgan fingerprint density at radius 1 is 1.23 bits per heavy atom. The third-order valence-electron chi connectivity index (χ3n) is 4.76. The van der Waals surface area contributed by atoms with Gasteiger partial charge >= 0.3 is 5.97 Å². The van der Waals surface area contributed by atoms with Crippen LogP contribution < -0.4 is 4.74 Å². The molecule has 4 unspecified atom stereocenters. The molecular formula is C19H22O3. The number of esters is 1. The van der Waals surface area contributed by atoms with Crippen LogP contribution in [0, 0.1) is 17.8 Å². The summed E-state index contributed by atoms with van der Waals surface area (Å²) in [6, 6.07) is 7.56. The highest BCUT2D eigenvalue weighted by Crippen LogP contribution is 2.45. The van der Waals surface area contributed by atoms with Crippen LogP contribution in [0.1, 0.15) is 25.3 Å². The van der Waals surface area contributed by atoms with Gasteiger partial charge < -0.3 is 9.47 Å². The molecule has 0 aliphatic heterocycles. The number of hydrogen-bond acceptors (Lipinski definition) is 3. The van der Waals surface area contributed by atoms with Gasteiger partial charge in [0, 0.05) is 12.0 Å². The molecule has 0 amide bonds. The summed E-state index contributed by atoms with van der Waals surface area (Å²) < 4.78 is 10.7. The molecule has 4 atom stereocenters. The van der Waals surface area contributed by atoms with Crippen molar-refractivity contribution >= 4 is 12.0 Å². The first-order valence-electron chi connectivity index (χ1n) is 7.87. The maximum Gasteiger partial charge on any atom is 0.331 e. The van der Waals surface area contributed by atoms with Crippen molar-refractivity contribution in [3.05, 3.63) is 48.1 Å². The number of carbonyl (C=O) groups is 1. The highest BCUT2D eigenvalue weighted by Gasteiger charge is 2.39. The molecule has 1 aromatic carbocycles. The lowest BCUT2D eigenvalue weighted by atomic mass is 9.89. The molecule has 116 valence electrons. The smallest absolute Gasteiger partial charge is 0.331 e. The summed E-state index contributed by atoms with van der Waals surface area (Å²) in [5.74, 6) is 2.31. The molecule has 2 aliphatic carbocycles. The van der Waals surface area contributed by atoms with Crippen LogP contribution in [-0.2, 0) is 9.53 Å². The molecule has 1 aromatic rings. The fraction of sp³-hybridized carbons (Fsp3) is 0.421. The number of methoxy groups -OCH3 is 1. The van der Waals surface area contributed by atoms with E-state index in [2.05, 4.69) is 12.2 Å². The molecule has 0 saturated heterocycles. The van der Waals surface area contributed by atoms with E-state index >= 15 is 0 Å². The summed E-state index contributed by atoms with van der Waals surface area (Å²) in [6.45, 7) is 2.01. The zero-order valence-electron chi connectivity index (χ0n) is 13.1. The van der Waals surface area contributed by atoms with Gasteiger partial charge in [0.25, 0.3) is 0 Å². The van der Waals surface area contributed by atoms with Gasteiger partial charge in [-0.1, -0.05) is 24.3 Å². The van der Waals surface area contributed by atoms with Crippen molar-refractivity contribution < 1.29 is 14.3 Å². The second-order valence-electron chi connectivity index (χ2n) is 6.19. The fourth-order valence-corrected chi connectivity index (χ4v) is 3.55. The van der Waals surface area contributed by atoms with Crippen molar-refractivity contribution in [2.75, 3.05) is 7.11 Å². The summed E-state index contributed by atoms with van der Waals surface area (Å²) in [4.78, 5) is 12.0. The molecule has 0 spiro atoms. The number of ether oxygens (including phenoxy) is 2. The lowest BCUT2D eigenvalue weighted by Crippen LogP contribution is -2.26. The molecule has 2 aliphatic rings. The number of hydrogen-bond donors (Lipinski definition) is 0. The maximum absolute atomic E-state index is 12.0. The Morgan fingerprint density at radius 3 is 2.59 bits per heavy atom. The van der Waals surface area contributed by atoms with Crippen molar-refractivity contribution in [2.24, 2.45) is 17.8 Å². The van der Waals surface area contributed by atoms with Crippen LogP contribution in [0.25, 0.3) is 6.08 Å². The number of allylic oxidation sites excluding steroid dienone is 2. The van der Waals surface area contributed by atoms with Gasteiger partial charge in [0.1, 0.15) is 11.9 Å². The third-order valence-corrected chi connectivity index (χ3v) is 4.76. The van der Waals surface area contributed by atoms with Gasteiger partial charge in [0.15, 0.2) is 0 Å². The van der Waals surface area contributed by atoms with Crippen molar-refractivity contribution in [3.63, 3.8) is 0 Å². The average Bonchev–Trinajstić information content (AvgIpc) is 3.16. The molecule has 22 heavy (non-hydrogen) atoms. The second kappa shape index (κ2) is 6.39. The normalized spacial score (nSPS) is 27.3. The van der Waals surface area contributed by atoms with E-state index in [0.717, 1.165) is 17.7 Å². The van der Waals surface area contributed by atoms with Gasteiger partial charge in [-0.2, -0.15) is 0 Å². The van der Waals surface area contributed by atoms with E-state index < -0.39 is 0 Å². The van der Waals surface area contributed by atoms with E-state index in [1.54, 1.807) is 13.2 Å². The van der Waals surface area contributed by atoms with Gasteiger partial charge in [-0.25, -0.2) is 4.79 Å². The van der Waals surface area contributed by atoms with Crippen LogP contribution in [-0.4, -0.2) is 19.2 Å². The zero-order valence-corrected chi connectivity index (χ0v) is 13.1. The Morgan fingerprint density at radius 2 is 2.00 bits per heavy atom. The molecule has 0 heterocycles. The van der Waals surface area contributed by atoms with Crippen LogP contribution in [0.5, 0.6) is 5.75 Å². The van der Waals surface area contributed by atoms with Crippen molar-refractivity contribution in [3.8, 4) is 5.75 Å². The lowest BCUT2D eigenvalue weighted by Gasteiger charge is -2.24. The topological polar surface area (TPSA) is 35.5 Å². The minimum atomic E-state index is -0.268. The minimum absolute atomic E-state index is 0.0204. The van der Waals surface area contributed by atoms with Gasteiger partial charge in [-0.05, 0) is 55.4 Å². The largest absolute Gasteiger partial charge is 0.497 e. The zero-order chi connectivity index (χ0) is 15.5. The van der Waals surface area contributed by atoms with E-state index in [-0.39, 0.29) is 12.1 Å². The molecule has 1 saturated carbocycles. The van der Waals surface area contributed by atoms with E-state index in [0.29, 0.717) is 17.8 Å². The molecule has 2 bridgehead atoms. The van der Waals surface area contributed by atoms with E-state index in [1.165, 1.54) is 12.5 Å². The van der Waals surface area contributed by atoms with Crippen LogP contribution in [0.4, 0.5) is 0 Å². The number of rotatable bonds is 5. The Labute approximate surface area is 131 Å². The highest BCUT2D eigenvalue weighted by atomic mass is 16.5. The lowest BCUT2D eigenvalue weighted by molar-refractivity contribution is -0.145. The van der Waals surface area contributed by atoms with Gasteiger partial charge in [0.2, 0.25) is 0 Å². The number of fused-ring (bicyclic) bond motifs is 2. The molecule has 0 aromatic heterocycles. The third kappa shape index (κ3) is 3.24. The second-order valence-corrected chi connectivity index (χ2v) is 6.19. The molecular weight excluding hydrogens is 276 g/mol. The Balaban J connectivity index is 1.53. The summed E-state index contributed by atoms with van der Waals surface area (Å²) in [5, 5.41) is 0.